The van der Waals surface area contributed by atoms with Gasteiger partial charge in [0, 0.05) is 69.2 Å². The average Bonchev–Trinajstić information content (AvgIpc) is 3.71. The fourth-order valence-electron chi connectivity index (χ4n) is 9.74. The molecular weight excluding hydrogens is 942 g/mol. The number of H-pyrrole nitrogens is 1. The topological polar surface area (TPSA) is 185 Å². The molecule has 4 aliphatic rings. The number of aromatic nitrogens is 2. The SMILES string of the molecule is CC1(C)CCC(CN2CCN(c3ccc(C(=O)NS(=O)(=O)c4ccc(NC[C@H]5COCCO5)c([N+](=O)[O-])c4)c(N4CCCOc5nc6[nH]ccc6cc54)c3)CC2)=C(c2ccc(C(C)(C)C(F)(F)F)cc2)C1. The van der Waals surface area contributed by atoms with Crippen LogP contribution in [0.15, 0.2) is 89.5 Å². The van der Waals surface area contributed by atoms with Crippen LogP contribution < -0.4 is 24.6 Å². The van der Waals surface area contributed by atoms with Gasteiger partial charge in [-0.1, -0.05) is 43.7 Å². The van der Waals surface area contributed by atoms with Crippen molar-refractivity contribution >= 4 is 61.0 Å². The van der Waals surface area contributed by atoms with E-state index >= 15 is 0 Å². The molecule has 71 heavy (non-hydrogen) atoms. The van der Waals surface area contributed by atoms with Crippen molar-refractivity contribution in [1.29, 1.82) is 0 Å². The summed E-state index contributed by atoms with van der Waals surface area (Å²) in [4.78, 5) is 39.8. The van der Waals surface area contributed by atoms with Crippen molar-refractivity contribution in [3.8, 4) is 5.88 Å². The number of carbonyl (C=O) groups is 1. The number of alkyl halides is 3. The Hall–Kier alpha value is -6.22. The number of benzene rings is 3. The van der Waals surface area contributed by atoms with E-state index in [0.29, 0.717) is 88.5 Å². The molecule has 0 radical (unpaired) electrons. The molecule has 3 aromatic carbocycles. The highest BCUT2D eigenvalue weighted by Crippen LogP contribution is 2.46. The highest BCUT2D eigenvalue weighted by atomic mass is 32.2. The molecule has 0 spiro atoms. The highest BCUT2D eigenvalue weighted by Gasteiger charge is 2.48. The highest BCUT2D eigenvalue weighted by molar-refractivity contribution is 7.90. The summed E-state index contributed by atoms with van der Waals surface area (Å²) in [5.41, 5.74) is 3.83. The van der Waals surface area contributed by atoms with Gasteiger partial charge in [-0.05, 0) is 104 Å². The number of nitro groups is 1. The molecule has 9 rings (SSSR count). The lowest BCUT2D eigenvalue weighted by atomic mass is 9.72. The molecule has 1 aliphatic carbocycles. The van der Waals surface area contributed by atoms with E-state index in [1.807, 2.05) is 35.2 Å². The van der Waals surface area contributed by atoms with Gasteiger partial charge < -0.3 is 34.3 Å². The van der Waals surface area contributed by atoms with Crippen LogP contribution >= 0.6 is 0 Å². The van der Waals surface area contributed by atoms with E-state index in [-0.39, 0.29) is 34.9 Å². The first kappa shape index (κ1) is 49.7. The van der Waals surface area contributed by atoms with Crippen LogP contribution in [0.25, 0.3) is 16.6 Å². The zero-order valence-electron chi connectivity index (χ0n) is 40.2. The van der Waals surface area contributed by atoms with Crippen molar-refractivity contribution < 1.29 is 45.5 Å². The zero-order chi connectivity index (χ0) is 50.3. The normalized spacial score (nSPS) is 19.2. The number of halogens is 3. The maximum absolute atomic E-state index is 14.4. The van der Waals surface area contributed by atoms with Crippen molar-refractivity contribution in [2.24, 2.45) is 5.41 Å². The summed E-state index contributed by atoms with van der Waals surface area (Å²) in [5, 5.41) is 16.0. The largest absolute Gasteiger partial charge is 0.476 e. The Morgan fingerprint density at radius 2 is 1.73 bits per heavy atom. The second-order valence-corrected chi connectivity index (χ2v) is 21.7. The Morgan fingerprint density at radius 1 is 0.958 bits per heavy atom. The third kappa shape index (κ3) is 10.7. The van der Waals surface area contributed by atoms with Crippen LogP contribution in [-0.4, -0.2) is 119 Å². The quantitative estimate of drug-likeness (QED) is 0.0751. The Labute approximate surface area is 410 Å². The summed E-state index contributed by atoms with van der Waals surface area (Å²) >= 11 is 0. The number of hydrogen-bond donors (Lipinski definition) is 3. The monoisotopic (exact) mass is 1000 g/mol. The van der Waals surface area contributed by atoms with E-state index in [1.165, 1.54) is 37.1 Å². The Kier molecular flexibility index (Phi) is 13.8. The fraction of sp³-hybridized carbons (Fsp3) is 0.451. The van der Waals surface area contributed by atoms with Crippen LogP contribution in [0.5, 0.6) is 5.88 Å². The van der Waals surface area contributed by atoms with Crippen LogP contribution in [0.4, 0.5) is 41.6 Å². The van der Waals surface area contributed by atoms with Gasteiger partial charge in [0.15, 0.2) is 0 Å². The predicted molar refractivity (Wildman–Crippen MR) is 265 cm³/mol. The number of carbonyl (C=O) groups excluding carboxylic acids is 1. The molecule has 16 nitrogen and oxygen atoms in total. The first-order valence-corrected chi connectivity index (χ1v) is 25.4. The fourth-order valence-corrected chi connectivity index (χ4v) is 10.7. The van der Waals surface area contributed by atoms with Gasteiger partial charge in [0.1, 0.15) is 17.0 Å². The lowest BCUT2D eigenvalue weighted by Gasteiger charge is -2.39. The van der Waals surface area contributed by atoms with Crippen LogP contribution in [0.2, 0.25) is 0 Å². The number of nitrogens with one attached hydrogen (secondary N) is 3. The van der Waals surface area contributed by atoms with Crippen molar-refractivity contribution in [3.05, 3.63) is 111 Å². The molecule has 20 heteroatoms. The third-order valence-electron chi connectivity index (χ3n) is 14.2. The van der Waals surface area contributed by atoms with Gasteiger partial charge in [-0.3, -0.25) is 19.8 Å². The maximum atomic E-state index is 14.4. The molecule has 5 aromatic rings. The molecule has 1 amide bonds. The van der Waals surface area contributed by atoms with Gasteiger partial charge in [0.25, 0.3) is 21.6 Å². The molecule has 3 N–H and O–H groups in total. The first-order chi connectivity index (χ1) is 33.8. The number of pyridine rings is 1. The van der Waals surface area contributed by atoms with Crippen LogP contribution in [0.3, 0.4) is 0 Å². The molecule has 2 aromatic heterocycles. The molecule has 0 saturated carbocycles. The van der Waals surface area contributed by atoms with Crippen molar-refractivity contribution in [1.82, 2.24) is 19.6 Å². The number of aromatic amines is 1. The number of nitrogens with zero attached hydrogens (tertiary/aromatic N) is 5. The second-order valence-electron chi connectivity index (χ2n) is 20.0. The lowest BCUT2D eigenvalue weighted by Crippen LogP contribution is -2.47. The Morgan fingerprint density at radius 3 is 2.45 bits per heavy atom. The van der Waals surface area contributed by atoms with Gasteiger partial charge in [-0.15, -0.1) is 0 Å². The molecule has 0 bridgehead atoms. The summed E-state index contributed by atoms with van der Waals surface area (Å²) in [7, 11) is -4.64. The second kappa shape index (κ2) is 19.8. The summed E-state index contributed by atoms with van der Waals surface area (Å²) in [5.74, 6) is -0.587. The van der Waals surface area contributed by atoms with E-state index in [0.717, 1.165) is 48.5 Å². The summed E-state index contributed by atoms with van der Waals surface area (Å²) < 4.78 is 89.0. The molecule has 2 saturated heterocycles. The van der Waals surface area contributed by atoms with E-state index < -0.39 is 43.0 Å². The standard InChI is InChI=1S/C51H59F3N8O8S/c1-49(2)16-14-35(41(29-49)33-6-8-36(9-7-33)50(3,4)51(52,53)54)31-59-19-21-60(22-20-59)37-10-12-40(43(27-37)61-18-5-23-70-48-45(61)26-34-15-17-55-46(34)57-48)47(63)58-71(66,67)39-11-13-42(44(28-39)62(64)65)56-30-38-32-68-24-25-69-38/h6-13,15,17,26-28,38,56H,5,14,16,18-25,29-32H2,1-4H3,(H,55,57)(H,58,63)/t38-/m0/s1. The minimum Gasteiger partial charge on any atom is -0.476 e. The number of anilines is 4. The number of fused-ring (bicyclic) bond motifs is 2. The number of allylic oxidation sites excluding steroid dienone is 1. The smallest absolute Gasteiger partial charge is 0.397 e. The molecule has 0 unspecified atom stereocenters. The average molecular weight is 1000 g/mol. The molecule has 5 heterocycles. The zero-order valence-corrected chi connectivity index (χ0v) is 41.1. The molecular formula is C51H59F3N8O8S. The number of ether oxygens (including phenoxy) is 3. The van der Waals surface area contributed by atoms with E-state index in [4.69, 9.17) is 19.2 Å². The first-order valence-electron chi connectivity index (χ1n) is 23.9. The molecule has 378 valence electrons. The number of piperazine rings is 1. The molecule has 2 fully saturated rings. The van der Waals surface area contributed by atoms with Crippen molar-refractivity contribution in [3.63, 3.8) is 0 Å². The van der Waals surface area contributed by atoms with E-state index in [1.54, 1.807) is 30.5 Å². The van der Waals surface area contributed by atoms with Gasteiger partial charge in [-0.2, -0.15) is 18.2 Å². The third-order valence-corrected chi connectivity index (χ3v) is 15.5. The van der Waals surface area contributed by atoms with Gasteiger partial charge in [0.2, 0.25) is 5.88 Å². The Balaban J connectivity index is 0.974. The summed E-state index contributed by atoms with van der Waals surface area (Å²) in [6.07, 6.45) is 0.311. The van der Waals surface area contributed by atoms with Gasteiger partial charge >= 0.3 is 6.18 Å². The van der Waals surface area contributed by atoms with E-state index in [9.17, 15) is 36.5 Å². The molecule has 3 aliphatic heterocycles. The van der Waals surface area contributed by atoms with Crippen LogP contribution in [0.1, 0.15) is 74.9 Å². The van der Waals surface area contributed by atoms with Crippen LogP contribution in [-0.2, 0) is 24.9 Å². The number of hydrogen-bond acceptors (Lipinski definition) is 13. The van der Waals surface area contributed by atoms with E-state index in [2.05, 4.69) is 38.7 Å². The minimum atomic E-state index is -4.64. The predicted octanol–water partition coefficient (Wildman–Crippen LogP) is 8.96. The van der Waals surface area contributed by atoms with Crippen molar-refractivity contribution in [2.75, 3.05) is 87.4 Å². The number of sulfonamides is 1. The minimum absolute atomic E-state index is 0.0426. The maximum Gasteiger partial charge on any atom is 0.397 e. The number of amides is 1. The summed E-state index contributed by atoms with van der Waals surface area (Å²) in [6.45, 7) is 12.4. The molecule has 1 atom stereocenters. The van der Waals surface area contributed by atoms with Gasteiger partial charge in [-0.25, -0.2) is 13.1 Å². The summed E-state index contributed by atoms with van der Waals surface area (Å²) in [6, 6.07) is 19.4. The number of nitro benzene ring substituents is 1. The Bertz CT molecular complexity index is 2950. The van der Waals surface area contributed by atoms with Crippen molar-refractivity contribution in [2.45, 2.75) is 76.0 Å². The van der Waals surface area contributed by atoms with Gasteiger partial charge in [0.05, 0.1) is 59.0 Å². The lowest BCUT2D eigenvalue weighted by molar-refractivity contribution is -0.384. The number of rotatable bonds is 13. The van der Waals surface area contributed by atoms with Crippen LogP contribution in [0, 0.1) is 15.5 Å².